The van der Waals surface area contributed by atoms with Gasteiger partial charge in [0, 0.05) is 18.8 Å². The molecule has 0 bridgehead atoms. The van der Waals surface area contributed by atoms with Crippen LogP contribution in [0.1, 0.15) is 37.8 Å². The Morgan fingerprint density at radius 3 is 2.70 bits per heavy atom. The van der Waals surface area contributed by atoms with E-state index >= 15 is 0 Å². The van der Waals surface area contributed by atoms with Crippen molar-refractivity contribution in [1.82, 2.24) is 5.32 Å². The molecule has 0 heterocycles. The zero-order chi connectivity index (χ0) is 16.7. The number of ether oxygens (including phenoxy) is 1. The fraction of sp³-hybridized carbons (Fsp3) is 0.611. The van der Waals surface area contributed by atoms with Crippen molar-refractivity contribution in [3.8, 4) is 0 Å². The van der Waals surface area contributed by atoms with E-state index in [1.165, 1.54) is 24.0 Å². The van der Waals surface area contributed by atoms with E-state index < -0.39 is 6.10 Å². The monoisotopic (exact) mass is 320 g/mol. The predicted molar refractivity (Wildman–Crippen MR) is 91.8 cm³/mol. The summed E-state index contributed by atoms with van der Waals surface area (Å²) in [5, 5.41) is 15.3. The number of aliphatic hydroxyl groups excluding tert-OH is 1. The third-order valence-corrected chi connectivity index (χ3v) is 4.08. The second-order valence-corrected chi connectivity index (χ2v) is 6.16. The number of hydrogen-bond donors (Lipinski definition) is 3. The van der Waals surface area contributed by atoms with Crippen LogP contribution in [-0.4, -0.2) is 37.0 Å². The van der Waals surface area contributed by atoms with E-state index in [2.05, 4.69) is 30.5 Å². The van der Waals surface area contributed by atoms with Gasteiger partial charge in [0.1, 0.15) is 0 Å². The molecule has 1 aliphatic carbocycles. The number of hydrogen-bond acceptors (Lipinski definition) is 3. The van der Waals surface area contributed by atoms with Crippen molar-refractivity contribution >= 4 is 11.7 Å². The average Bonchev–Trinajstić information content (AvgIpc) is 3.37. The summed E-state index contributed by atoms with van der Waals surface area (Å²) in [4.78, 5) is 11.9. The lowest BCUT2D eigenvalue weighted by molar-refractivity contribution is 0.0339. The molecule has 1 aromatic carbocycles. The van der Waals surface area contributed by atoms with Crippen molar-refractivity contribution in [2.45, 2.75) is 45.6 Å². The van der Waals surface area contributed by atoms with Gasteiger partial charge in [0.15, 0.2) is 0 Å². The Morgan fingerprint density at radius 2 is 2.04 bits per heavy atom. The zero-order valence-corrected chi connectivity index (χ0v) is 14.1. The highest BCUT2D eigenvalue weighted by Gasteiger charge is 2.21. The van der Waals surface area contributed by atoms with Crippen LogP contribution in [0.4, 0.5) is 10.5 Å². The molecule has 128 valence electrons. The van der Waals surface area contributed by atoms with Gasteiger partial charge in [-0.2, -0.15) is 0 Å². The maximum absolute atomic E-state index is 11.9. The molecule has 2 rings (SSSR count). The molecule has 2 amide bonds. The zero-order valence-electron chi connectivity index (χ0n) is 14.1. The van der Waals surface area contributed by atoms with E-state index in [0.717, 1.165) is 18.5 Å². The number of carbonyl (C=O) groups is 1. The highest BCUT2D eigenvalue weighted by Crippen LogP contribution is 2.28. The minimum Gasteiger partial charge on any atom is -0.389 e. The molecule has 1 aromatic rings. The first-order valence-corrected chi connectivity index (χ1v) is 8.54. The van der Waals surface area contributed by atoms with E-state index in [4.69, 9.17) is 4.74 Å². The lowest BCUT2D eigenvalue weighted by atomic mass is 10.0. The van der Waals surface area contributed by atoms with Crippen molar-refractivity contribution < 1.29 is 14.6 Å². The topological polar surface area (TPSA) is 70.6 Å². The molecular formula is C18H28N2O3. The molecule has 1 fully saturated rings. The molecule has 0 aliphatic heterocycles. The van der Waals surface area contributed by atoms with E-state index in [1.807, 2.05) is 12.1 Å². The SMILES string of the molecule is CCc1ccc(NC(=O)NCC(O)COCC2CC2)cc1CC. The molecule has 23 heavy (non-hydrogen) atoms. The standard InChI is InChI=1S/C18H28N2O3/c1-3-14-7-8-16(9-15(14)4-2)20-18(22)19-10-17(21)12-23-11-13-5-6-13/h7-9,13,17,21H,3-6,10-12H2,1-2H3,(H2,19,20,22). The van der Waals surface area contributed by atoms with Crippen LogP contribution in [0.5, 0.6) is 0 Å². The van der Waals surface area contributed by atoms with Gasteiger partial charge >= 0.3 is 6.03 Å². The number of nitrogens with one attached hydrogen (secondary N) is 2. The van der Waals surface area contributed by atoms with Gasteiger partial charge in [0.25, 0.3) is 0 Å². The summed E-state index contributed by atoms with van der Waals surface area (Å²) in [6.45, 7) is 5.40. The summed E-state index contributed by atoms with van der Waals surface area (Å²) < 4.78 is 5.40. The number of aliphatic hydroxyl groups is 1. The number of aryl methyl sites for hydroxylation is 2. The Morgan fingerprint density at radius 1 is 1.30 bits per heavy atom. The van der Waals surface area contributed by atoms with Gasteiger partial charge in [-0.25, -0.2) is 4.79 Å². The van der Waals surface area contributed by atoms with Gasteiger partial charge in [-0.1, -0.05) is 19.9 Å². The summed E-state index contributed by atoms with van der Waals surface area (Å²) in [6.07, 6.45) is 3.72. The number of anilines is 1. The molecule has 0 spiro atoms. The lowest BCUT2D eigenvalue weighted by Gasteiger charge is -2.14. The second-order valence-electron chi connectivity index (χ2n) is 6.16. The van der Waals surface area contributed by atoms with E-state index in [0.29, 0.717) is 12.5 Å². The summed E-state index contributed by atoms with van der Waals surface area (Å²) >= 11 is 0. The fourth-order valence-corrected chi connectivity index (χ4v) is 2.48. The number of benzene rings is 1. The number of carbonyl (C=O) groups excluding carboxylic acids is 1. The van der Waals surface area contributed by atoms with E-state index in [-0.39, 0.29) is 19.2 Å². The summed E-state index contributed by atoms with van der Waals surface area (Å²) in [7, 11) is 0. The third-order valence-electron chi connectivity index (χ3n) is 4.08. The number of rotatable bonds is 9. The highest BCUT2D eigenvalue weighted by molar-refractivity contribution is 5.89. The van der Waals surface area contributed by atoms with Crippen LogP contribution in [0.15, 0.2) is 18.2 Å². The van der Waals surface area contributed by atoms with Crippen molar-refractivity contribution in [3.63, 3.8) is 0 Å². The Hall–Kier alpha value is -1.59. The Kier molecular flexibility index (Phi) is 6.86. The smallest absolute Gasteiger partial charge is 0.319 e. The largest absolute Gasteiger partial charge is 0.389 e. The Balaban J connectivity index is 1.70. The molecular weight excluding hydrogens is 292 g/mol. The second kappa shape index (κ2) is 8.89. The molecule has 5 nitrogen and oxygen atoms in total. The molecule has 0 aromatic heterocycles. The van der Waals surface area contributed by atoms with Crippen LogP contribution in [-0.2, 0) is 17.6 Å². The molecule has 5 heteroatoms. The fourth-order valence-electron chi connectivity index (χ4n) is 2.48. The van der Waals surface area contributed by atoms with Crippen molar-refractivity contribution in [1.29, 1.82) is 0 Å². The Labute approximate surface area is 138 Å². The van der Waals surface area contributed by atoms with Gasteiger partial charge in [0.05, 0.1) is 12.7 Å². The van der Waals surface area contributed by atoms with Crippen LogP contribution >= 0.6 is 0 Å². The minimum absolute atomic E-state index is 0.185. The third kappa shape index (κ3) is 6.20. The van der Waals surface area contributed by atoms with Gasteiger partial charge < -0.3 is 20.5 Å². The first-order chi connectivity index (χ1) is 11.1. The van der Waals surface area contributed by atoms with Gasteiger partial charge in [-0.05, 0) is 54.9 Å². The molecule has 1 unspecified atom stereocenters. The summed E-state index contributed by atoms with van der Waals surface area (Å²) in [6, 6.07) is 5.66. The average molecular weight is 320 g/mol. The molecule has 1 aliphatic rings. The number of urea groups is 1. The lowest BCUT2D eigenvalue weighted by Crippen LogP contribution is -2.37. The molecule has 1 saturated carbocycles. The van der Waals surface area contributed by atoms with Crippen molar-refractivity contribution in [2.24, 2.45) is 5.92 Å². The van der Waals surface area contributed by atoms with E-state index in [9.17, 15) is 9.90 Å². The van der Waals surface area contributed by atoms with Crippen LogP contribution in [0.25, 0.3) is 0 Å². The van der Waals surface area contributed by atoms with Crippen molar-refractivity contribution in [2.75, 3.05) is 25.1 Å². The molecule has 1 atom stereocenters. The first-order valence-electron chi connectivity index (χ1n) is 8.54. The summed E-state index contributed by atoms with van der Waals surface area (Å²) in [5.74, 6) is 0.678. The van der Waals surface area contributed by atoms with Gasteiger partial charge in [0.2, 0.25) is 0 Å². The molecule has 0 saturated heterocycles. The van der Waals surface area contributed by atoms with Crippen LogP contribution < -0.4 is 10.6 Å². The van der Waals surface area contributed by atoms with Gasteiger partial charge in [-0.3, -0.25) is 0 Å². The highest BCUT2D eigenvalue weighted by atomic mass is 16.5. The van der Waals surface area contributed by atoms with Crippen LogP contribution in [0, 0.1) is 5.92 Å². The molecule has 3 N–H and O–H groups in total. The van der Waals surface area contributed by atoms with Crippen molar-refractivity contribution in [3.05, 3.63) is 29.3 Å². The maximum atomic E-state index is 11.9. The minimum atomic E-state index is -0.673. The first kappa shape index (κ1) is 17.8. The quantitative estimate of drug-likeness (QED) is 0.655. The predicted octanol–water partition coefficient (Wildman–Crippen LogP) is 2.72. The Bertz CT molecular complexity index is 515. The van der Waals surface area contributed by atoms with E-state index in [1.54, 1.807) is 0 Å². The van der Waals surface area contributed by atoms with Crippen LogP contribution in [0.3, 0.4) is 0 Å². The maximum Gasteiger partial charge on any atom is 0.319 e. The van der Waals surface area contributed by atoms with Crippen LogP contribution in [0.2, 0.25) is 0 Å². The van der Waals surface area contributed by atoms with Gasteiger partial charge in [-0.15, -0.1) is 0 Å². The number of amides is 2. The molecule has 0 radical (unpaired) electrons. The normalized spacial score (nSPS) is 15.3. The summed E-state index contributed by atoms with van der Waals surface area (Å²) in [5.41, 5.74) is 3.33.